The summed E-state index contributed by atoms with van der Waals surface area (Å²) in [6, 6.07) is 9.54. The van der Waals surface area contributed by atoms with Gasteiger partial charge in [0.05, 0.1) is 6.61 Å². The van der Waals surface area contributed by atoms with Crippen LogP contribution in [0.25, 0.3) is 0 Å². The topological polar surface area (TPSA) is 90.2 Å². The van der Waals surface area contributed by atoms with Gasteiger partial charge >= 0.3 is 0 Å². The SMILES string of the molecule is OC[C@H]1O[C@@H](SSc2ccccc2)[C@@H](O)[C@H](O)[C@@H]1O. The van der Waals surface area contributed by atoms with Crippen LogP contribution in [0.15, 0.2) is 35.2 Å². The van der Waals surface area contributed by atoms with E-state index in [1.807, 2.05) is 30.3 Å². The first-order chi connectivity index (χ1) is 9.13. The van der Waals surface area contributed by atoms with E-state index in [1.54, 1.807) is 0 Å². The number of rotatable bonds is 4. The largest absolute Gasteiger partial charge is 0.394 e. The van der Waals surface area contributed by atoms with Gasteiger partial charge < -0.3 is 25.2 Å². The van der Waals surface area contributed by atoms with Crippen molar-refractivity contribution in [2.75, 3.05) is 6.61 Å². The van der Waals surface area contributed by atoms with Crippen molar-refractivity contribution in [1.29, 1.82) is 0 Å². The van der Waals surface area contributed by atoms with Crippen LogP contribution in [0.5, 0.6) is 0 Å². The van der Waals surface area contributed by atoms with Gasteiger partial charge in [0.25, 0.3) is 0 Å². The Hall–Kier alpha value is -0.280. The molecule has 0 radical (unpaired) electrons. The van der Waals surface area contributed by atoms with Crippen molar-refractivity contribution in [3.05, 3.63) is 30.3 Å². The van der Waals surface area contributed by atoms with E-state index >= 15 is 0 Å². The van der Waals surface area contributed by atoms with Crippen molar-refractivity contribution >= 4 is 21.6 Å². The lowest BCUT2D eigenvalue weighted by Gasteiger charge is -2.39. The van der Waals surface area contributed by atoms with Gasteiger partial charge in [0.2, 0.25) is 0 Å². The number of aliphatic hydroxyl groups excluding tert-OH is 4. The molecular formula is C12H16O5S2. The fourth-order valence-corrected chi connectivity index (χ4v) is 4.09. The summed E-state index contributed by atoms with van der Waals surface area (Å²) in [6.45, 7) is -0.405. The Kier molecular flexibility index (Phi) is 5.52. The Bertz CT molecular complexity index is 389. The second kappa shape index (κ2) is 6.94. The number of hydrogen-bond donors (Lipinski definition) is 4. The van der Waals surface area contributed by atoms with Crippen LogP contribution in [0.1, 0.15) is 0 Å². The van der Waals surface area contributed by atoms with Crippen molar-refractivity contribution in [1.82, 2.24) is 0 Å². The Morgan fingerprint density at radius 2 is 1.68 bits per heavy atom. The molecule has 0 aliphatic carbocycles. The lowest BCUT2D eigenvalue weighted by atomic mass is 10.0. The summed E-state index contributed by atoms with van der Waals surface area (Å²) in [5, 5.41) is 38.2. The van der Waals surface area contributed by atoms with E-state index in [2.05, 4.69) is 0 Å². The van der Waals surface area contributed by atoms with Crippen molar-refractivity contribution < 1.29 is 25.2 Å². The minimum atomic E-state index is -1.32. The summed E-state index contributed by atoms with van der Waals surface area (Å²) >= 11 is 0. The molecule has 1 aliphatic rings. The van der Waals surface area contributed by atoms with E-state index in [0.717, 1.165) is 4.90 Å². The molecule has 1 aromatic rings. The Morgan fingerprint density at radius 1 is 1.00 bits per heavy atom. The second-order valence-corrected chi connectivity index (χ2v) is 6.56. The average molecular weight is 304 g/mol. The minimum Gasteiger partial charge on any atom is -0.394 e. The molecule has 1 saturated heterocycles. The van der Waals surface area contributed by atoms with Crippen LogP contribution < -0.4 is 0 Å². The first kappa shape index (κ1) is 15.1. The number of aliphatic hydroxyl groups is 4. The standard InChI is InChI=1S/C12H16O5S2/c13-6-8-9(14)10(15)11(16)12(17-8)19-18-7-4-2-1-3-5-7/h1-5,8-16H,6H2/t8-,9-,10-,11+,12+/m1/s1. The highest BCUT2D eigenvalue weighted by Gasteiger charge is 2.43. The highest BCUT2D eigenvalue weighted by atomic mass is 33.1. The van der Waals surface area contributed by atoms with Gasteiger partial charge in [-0.15, -0.1) is 0 Å². The smallest absolute Gasteiger partial charge is 0.142 e. The van der Waals surface area contributed by atoms with E-state index in [9.17, 15) is 15.3 Å². The number of hydrogen-bond acceptors (Lipinski definition) is 7. The van der Waals surface area contributed by atoms with E-state index in [4.69, 9.17) is 9.84 Å². The maximum Gasteiger partial charge on any atom is 0.142 e. The first-order valence-corrected chi connectivity index (χ1v) is 8.03. The third-order valence-electron chi connectivity index (χ3n) is 2.83. The molecule has 1 heterocycles. The third kappa shape index (κ3) is 3.63. The molecular weight excluding hydrogens is 288 g/mol. The molecule has 1 aliphatic heterocycles. The Morgan fingerprint density at radius 3 is 2.32 bits per heavy atom. The monoisotopic (exact) mass is 304 g/mol. The van der Waals surface area contributed by atoms with E-state index in [1.165, 1.54) is 21.6 Å². The molecule has 19 heavy (non-hydrogen) atoms. The molecule has 0 aromatic heterocycles. The molecule has 0 spiro atoms. The summed E-state index contributed by atoms with van der Waals surface area (Å²) in [5.74, 6) is 0. The lowest BCUT2D eigenvalue weighted by molar-refractivity contribution is -0.205. The van der Waals surface area contributed by atoms with Crippen LogP contribution in [0.4, 0.5) is 0 Å². The van der Waals surface area contributed by atoms with Crippen molar-refractivity contribution in [3.8, 4) is 0 Å². The fraction of sp³-hybridized carbons (Fsp3) is 0.500. The quantitative estimate of drug-likeness (QED) is 0.592. The third-order valence-corrected chi connectivity index (χ3v) is 5.41. The Balaban J connectivity index is 1.95. The van der Waals surface area contributed by atoms with Gasteiger partial charge in [-0.1, -0.05) is 39.8 Å². The predicted octanol–water partition coefficient (Wildman–Crippen LogP) is 0.227. The van der Waals surface area contributed by atoms with E-state index in [0.29, 0.717) is 0 Å². The lowest BCUT2D eigenvalue weighted by Crippen LogP contribution is -2.57. The van der Waals surface area contributed by atoms with Crippen LogP contribution in [0, 0.1) is 0 Å². The molecule has 1 fully saturated rings. The molecule has 106 valence electrons. The van der Waals surface area contributed by atoms with Gasteiger partial charge in [0.1, 0.15) is 29.9 Å². The van der Waals surface area contributed by atoms with Crippen molar-refractivity contribution in [2.24, 2.45) is 0 Å². The fourth-order valence-electron chi connectivity index (χ4n) is 1.73. The molecule has 7 heteroatoms. The summed E-state index contributed by atoms with van der Waals surface area (Å²) < 4.78 is 5.38. The highest BCUT2D eigenvalue weighted by molar-refractivity contribution is 8.76. The number of benzene rings is 1. The zero-order valence-electron chi connectivity index (χ0n) is 9.99. The molecule has 1 aromatic carbocycles. The van der Waals surface area contributed by atoms with Gasteiger partial charge in [-0.05, 0) is 12.1 Å². The van der Waals surface area contributed by atoms with Gasteiger partial charge in [0.15, 0.2) is 0 Å². The molecule has 5 nitrogen and oxygen atoms in total. The van der Waals surface area contributed by atoms with E-state index in [-0.39, 0.29) is 0 Å². The molecule has 4 N–H and O–H groups in total. The second-order valence-electron chi connectivity index (χ2n) is 4.19. The van der Waals surface area contributed by atoms with Crippen LogP contribution >= 0.6 is 21.6 Å². The maximum absolute atomic E-state index is 9.85. The van der Waals surface area contributed by atoms with Crippen LogP contribution in [0.2, 0.25) is 0 Å². The summed E-state index contributed by atoms with van der Waals surface area (Å²) in [7, 11) is 2.65. The molecule has 0 saturated carbocycles. The molecule has 0 bridgehead atoms. The van der Waals surface area contributed by atoms with Gasteiger partial charge in [-0.25, -0.2) is 0 Å². The Labute approximate surface area is 119 Å². The summed E-state index contributed by atoms with van der Waals surface area (Å²) in [4.78, 5) is 0.990. The zero-order chi connectivity index (χ0) is 13.8. The van der Waals surface area contributed by atoms with E-state index < -0.39 is 36.5 Å². The summed E-state index contributed by atoms with van der Waals surface area (Å²) in [5.41, 5.74) is -0.708. The highest BCUT2D eigenvalue weighted by Crippen LogP contribution is 2.39. The van der Waals surface area contributed by atoms with Gasteiger partial charge in [0, 0.05) is 4.90 Å². The predicted molar refractivity (Wildman–Crippen MR) is 73.7 cm³/mol. The van der Waals surface area contributed by atoms with Gasteiger partial charge in [-0.3, -0.25) is 0 Å². The van der Waals surface area contributed by atoms with Crippen LogP contribution in [0.3, 0.4) is 0 Å². The molecule has 0 unspecified atom stereocenters. The van der Waals surface area contributed by atoms with Crippen LogP contribution in [-0.4, -0.2) is 56.9 Å². The normalized spacial score (nSPS) is 35.3. The molecule has 5 atom stereocenters. The molecule has 2 rings (SSSR count). The van der Waals surface area contributed by atoms with Crippen molar-refractivity contribution in [2.45, 2.75) is 34.7 Å². The summed E-state index contributed by atoms with van der Waals surface area (Å²) in [6.07, 6.45) is -4.68. The average Bonchev–Trinajstić information content (AvgIpc) is 2.45. The van der Waals surface area contributed by atoms with Gasteiger partial charge in [-0.2, -0.15) is 0 Å². The van der Waals surface area contributed by atoms with Crippen molar-refractivity contribution in [3.63, 3.8) is 0 Å². The van der Waals surface area contributed by atoms with Crippen LogP contribution in [-0.2, 0) is 4.74 Å². The minimum absolute atomic E-state index is 0.405. The molecule has 0 amide bonds. The first-order valence-electron chi connectivity index (χ1n) is 5.82. The number of ether oxygens (including phenoxy) is 1. The zero-order valence-corrected chi connectivity index (χ0v) is 11.6. The maximum atomic E-state index is 9.85.